The molecule has 3 aromatic rings. The molecule has 2 heterocycles. The van der Waals surface area contributed by atoms with E-state index in [0.717, 1.165) is 16.0 Å². The number of aryl methyl sites for hydroxylation is 1. The fourth-order valence-electron chi connectivity index (χ4n) is 2.32. The third kappa shape index (κ3) is 3.74. The molecule has 0 fully saturated rings. The number of thioether (sulfide) groups is 1. The van der Waals surface area contributed by atoms with Crippen LogP contribution in [-0.4, -0.2) is 20.8 Å². The molecule has 0 bridgehead atoms. The normalized spacial score (nSPS) is 12.3. The van der Waals surface area contributed by atoms with Gasteiger partial charge in [-0.3, -0.25) is 4.79 Å². The third-order valence-corrected chi connectivity index (χ3v) is 4.77. The highest BCUT2D eigenvalue weighted by molar-refractivity contribution is 8.00. The number of aromatic nitrogens is 2. The van der Waals surface area contributed by atoms with Crippen molar-refractivity contribution in [1.29, 1.82) is 0 Å². The van der Waals surface area contributed by atoms with Crippen LogP contribution in [0.15, 0.2) is 59.8 Å². The van der Waals surface area contributed by atoms with Crippen molar-refractivity contribution in [1.82, 2.24) is 14.9 Å². The molecule has 0 radical (unpaired) electrons. The number of carbonyl (C=O) groups excluding carboxylic acids is 1. The molecular formula is C18H19N3OS. The Balaban J connectivity index is 1.59. The van der Waals surface area contributed by atoms with E-state index in [4.69, 9.17) is 0 Å². The maximum Gasteiger partial charge on any atom is 0.233 e. The molecule has 4 nitrogen and oxygen atoms in total. The second-order valence-electron chi connectivity index (χ2n) is 5.49. The lowest BCUT2D eigenvalue weighted by Crippen LogP contribution is -2.30. The molecule has 0 aliphatic carbocycles. The molecule has 1 N–H and O–H groups in total. The summed E-state index contributed by atoms with van der Waals surface area (Å²) in [5, 5.41) is 7.13. The predicted molar refractivity (Wildman–Crippen MR) is 93.5 cm³/mol. The Morgan fingerprint density at radius 1 is 1.26 bits per heavy atom. The van der Waals surface area contributed by atoms with E-state index in [-0.39, 0.29) is 11.2 Å². The zero-order valence-electron chi connectivity index (χ0n) is 13.2. The van der Waals surface area contributed by atoms with Crippen LogP contribution in [0.3, 0.4) is 0 Å². The van der Waals surface area contributed by atoms with Crippen LogP contribution in [-0.2, 0) is 11.3 Å². The first-order valence-electron chi connectivity index (χ1n) is 7.56. The fraction of sp³-hybridized carbons (Fsp3) is 0.222. The number of pyridine rings is 1. The van der Waals surface area contributed by atoms with Crippen molar-refractivity contribution in [2.24, 2.45) is 0 Å². The van der Waals surface area contributed by atoms with E-state index in [9.17, 15) is 4.79 Å². The fourth-order valence-corrected chi connectivity index (χ4v) is 3.22. The van der Waals surface area contributed by atoms with E-state index in [1.807, 2.05) is 35.8 Å². The zero-order chi connectivity index (χ0) is 16.2. The lowest BCUT2D eigenvalue weighted by molar-refractivity contribution is -0.120. The molecule has 1 atom stereocenters. The zero-order valence-corrected chi connectivity index (χ0v) is 14.0. The first-order chi connectivity index (χ1) is 11.1. The highest BCUT2D eigenvalue weighted by Crippen LogP contribution is 2.23. The predicted octanol–water partition coefficient (Wildman–Crippen LogP) is 3.44. The number of rotatable bonds is 5. The maximum absolute atomic E-state index is 12.3. The Morgan fingerprint density at radius 2 is 2.04 bits per heavy atom. The third-order valence-electron chi connectivity index (χ3n) is 3.66. The van der Waals surface area contributed by atoms with Gasteiger partial charge < -0.3 is 5.32 Å². The lowest BCUT2D eigenvalue weighted by atomic mass is 10.2. The summed E-state index contributed by atoms with van der Waals surface area (Å²) in [6, 6.07) is 14.1. The number of nitrogens with zero attached hydrogens (tertiary/aromatic N) is 2. The SMILES string of the molecule is Cc1ccc(S[C@@H](C)C(=O)NCc2cnn3ccccc23)cc1. The Kier molecular flexibility index (Phi) is 4.67. The molecule has 0 saturated heterocycles. The summed E-state index contributed by atoms with van der Waals surface area (Å²) in [6.45, 7) is 4.47. The number of carbonyl (C=O) groups is 1. The van der Waals surface area contributed by atoms with Crippen LogP contribution < -0.4 is 5.32 Å². The number of amides is 1. The van der Waals surface area contributed by atoms with Crippen molar-refractivity contribution in [2.45, 2.75) is 30.5 Å². The van der Waals surface area contributed by atoms with Crippen LogP contribution in [0.1, 0.15) is 18.1 Å². The van der Waals surface area contributed by atoms with Crippen molar-refractivity contribution < 1.29 is 4.79 Å². The van der Waals surface area contributed by atoms with Crippen molar-refractivity contribution in [3.8, 4) is 0 Å². The van der Waals surface area contributed by atoms with E-state index in [1.165, 1.54) is 5.56 Å². The minimum atomic E-state index is -0.139. The smallest absolute Gasteiger partial charge is 0.233 e. The largest absolute Gasteiger partial charge is 0.351 e. The topological polar surface area (TPSA) is 46.4 Å². The lowest BCUT2D eigenvalue weighted by Gasteiger charge is -2.12. The van der Waals surface area contributed by atoms with Crippen LogP contribution in [0.2, 0.25) is 0 Å². The Hall–Kier alpha value is -2.27. The molecule has 0 unspecified atom stereocenters. The van der Waals surface area contributed by atoms with Gasteiger partial charge in [-0.2, -0.15) is 5.10 Å². The number of hydrogen-bond donors (Lipinski definition) is 1. The first-order valence-corrected chi connectivity index (χ1v) is 8.44. The molecule has 5 heteroatoms. The van der Waals surface area contributed by atoms with Gasteiger partial charge >= 0.3 is 0 Å². The van der Waals surface area contributed by atoms with Gasteiger partial charge in [-0.15, -0.1) is 11.8 Å². The number of nitrogens with one attached hydrogen (secondary N) is 1. The van der Waals surface area contributed by atoms with E-state index < -0.39 is 0 Å². The summed E-state index contributed by atoms with van der Waals surface area (Å²) in [5.41, 5.74) is 3.26. The minimum absolute atomic E-state index is 0.0332. The quantitative estimate of drug-likeness (QED) is 0.731. The van der Waals surface area contributed by atoms with Gasteiger partial charge in [-0.25, -0.2) is 4.52 Å². The summed E-state index contributed by atoms with van der Waals surface area (Å²) in [7, 11) is 0. The van der Waals surface area contributed by atoms with Crippen molar-refractivity contribution in [2.75, 3.05) is 0 Å². The van der Waals surface area contributed by atoms with Crippen LogP contribution in [0.25, 0.3) is 5.52 Å². The molecule has 3 rings (SSSR count). The summed E-state index contributed by atoms with van der Waals surface area (Å²) in [6.07, 6.45) is 3.70. The van der Waals surface area contributed by atoms with Gasteiger partial charge in [0.2, 0.25) is 5.91 Å². The molecule has 118 valence electrons. The molecular weight excluding hydrogens is 306 g/mol. The van der Waals surface area contributed by atoms with Crippen LogP contribution in [0.4, 0.5) is 0 Å². The second kappa shape index (κ2) is 6.87. The second-order valence-corrected chi connectivity index (χ2v) is 6.91. The van der Waals surface area contributed by atoms with E-state index in [0.29, 0.717) is 6.54 Å². The number of benzene rings is 1. The Bertz CT molecular complexity index is 811. The minimum Gasteiger partial charge on any atom is -0.351 e. The van der Waals surface area contributed by atoms with Crippen LogP contribution >= 0.6 is 11.8 Å². The molecule has 0 aliphatic rings. The van der Waals surface area contributed by atoms with Crippen LogP contribution in [0, 0.1) is 6.92 Å². The highest BCUT2D eigenvalue weighted by atomic mass is 32.2. The van der Waals surface area contributed by atoms with Gasteiger partial charge in [0.25, 0.3) is 0 Å². The first kappa shape index (κ1) is 15.6. The maximum atomic E-state index is 12.3. The van der Waals surface area contributed by atoms with E-state index in [1.54, 1.807) is 18.0 Å². The molecule has 0 aliphatic heterocycles. The van der Waals surface area contributed by atoms with Gasteiger partial charge in [0.15, 0.2) is 0 Å². The summed E-state index contributed by atoms with van der Waals surface area (Å²) >= 11 is 1.57. The van der Waals surface area contributed by atoms with Gasteiger partial charge in [-0.05, 0) is 38.1 Å². The number of fused-ring (bicyclic) bond motifs is 1. The summed E-state index contributed by atoms with van der Waals surface area (Å²) in [4.78, 5) is 13.4. The number of hydrogen-bond acceptors (Lipinski definition) is 3. The van der Waals surface area contributed by atoms with E-state index >= 15 is 0 Å². The molecule has 0 saturated carbocycles. The van der Waals surface area contributed by atoms with Gasteiger partial charge in [0.05, 0.1) is 17.0 Å². The summed E-state index contributed by atoms with van der Waals surface area (Å²) in [5.74, 6) is 0.0332. The molecule has 1 amide bonds. The Labute approximate surface area is 139 Å². The van der Waals surface area contributed by atoms with Crippen molar-refractivity contribution in [3.63, 3.8) is 0 Å². The highest BCUT2D eigenvalue weighted by Gasteiger charge is 2.14. The standard InChI is InChI=1S/C18H19N3OS/c1-13-6-8-16(9-7-13)23-14(2)18(22)19-11-15-12-20-21-10-4-3-5-17(15)21/h3-10,12,14H,11H2,1-2H3,(H,19,22)/t14-/m0/s1. The summed E-state index contributed by atoms with van der Waals surface area (Å²) < 4.78 is 1.81. The molecule has 2 aromatic heterocycles. The van der Waals surface area contributed by atoms with Gasteiger partial charge in [0.1, 0.15) is 0 Å². The molecule has 23 heavy (non-hydrogen) atoms. The average Bonchev–Trinajstić information content (AvgIpc) is 2.98. The van der Waals surface area contributed by atoms with E-state index in [2.05, 4.69) is 41.6 Å². The van der Waals surface area contributed by atoms with Crippen LogP contribution in [0.5, 0.6) is 0 Å². The Morgan fingerprint density at radius 3 is 2.83 bits per heavy atom. The van der Waals surface area contributed by atoms with Crippen molar-refractivity contribution in [3.05, 3.63) is 66.0 Å². The molecule has 1 aromatic carbocycles. The monoisotopic (exact) mass is 325 g/mol. The average molecular weight is 325 g/mol. The molecule has 0 spiro atoms. The van der Waals surface area contributed by atoms with Gasteiger partial charge in [0, 0.05) is 23.2 Å². The van der Waals surface area contributed by atoms with Gasteiger partial charge in [-0.1, -0.05) is 23.8 Å². The van der Waals surface area contributed by atoms with Crippen molar-refractivity contribution >= 4 is 23.2 Å².